The number of anilines is 1. The molecule has 1 aromatic carbocycles. The van der Waals surface area contributed by atoms with E-state index in [1.165, 1.54) is 5.56 Å². The quantitative estimate of drug-likeness (QED) is 0.711. The number of carbonyl (C=O) groups is 1. The first-order valence-electron chi connectivity index (χ1n) is 8.82. The van der Waals surface area contributed by atoms with Crippen molar-refractivity contribution in [2.75, 3.05) is 4.90 Å². The summed E-state index contributed by atoms with van der Waals surface area (Å²) in [5.74, 6) is 0.461. The van der Waals surface area contributed by atoms with Gasteiger partial charge < -0.3 is 9.42 Å². The second-order valence-corrected chi connectivity index (χ2v) is 7.17. The van der Waals surface area contributed by atoms with Crippen LogP contribution in [0.5, 0.6) is 0 Å². The van der Waals surface area contributed by atoms with Gasteiger partial charge >= 0.3 is 0 Å². The van der Waals surface area contributed by atoms with Gasteiger partial charge in [0.05, 0.1) is 16.6 Å². The molecule has 126 valence electrons. The number of rotatable bonds is 2. The second-order valence-electron chi connectivity index (χ2n) is 7.17. The Hall–Kier alpha value is -2.69. The van der Waals surface area contributed by atoms with Crippen LogP contribution >= 0.6 is 0 Å². The molecular formula is C20H19N3O2. The lowest BCUT2D eigenvalue weighted by Gasteiger charge is -2.23. The molecule has 5 nitrogen and oxygen atoms in total. The van der Waals surface area contributed by atoms with Crippen LogP contribution in [0.25, 0.3) is 11.1 Å². The van der Waals surface area contributed by atoms with Crippen molar-refractivity contribution in [3.05, 3.63) is 52.8 Å². The van der Waals surface area contributed by atoms with Crippen LogP contribution in [-0.2, 0) is 6.42 Å². The Morgan fingerprint density at radius 2 is 2.08 bits per heavy atom. The van der Waals surface area contributed by atoms with Gasteiger partial charge in [-0.25, -0.2) is 4.98 Å². The van der Waals surface area contributed by atoms with Crippen LogP contribution in [-0.4, -0.2) is 22.1 Å². The number of nitrogens with zero attached hydrogens (tertiary/aromatic N) is 3. The average Bonchev–Trinajstić information content (AvgIpc) is 3.32. The first-order chi connectivity index (χ1) is 12.1. The van der Waals surface area contributed by atoms with E-state index in [9.17, 15) is 4.79 Å². The number of fused-ring (bicyclic) bond motifs is 2. The highest BCUT2D eigenvalue weighted by Gasteiger charge is 2.34. The van der Waals surface area contributed by atoms with E-state index < -0.39 is 0 Å². The molecule has 2 aliphatic rings. The molecule has 0 radical (unpaired) electrons. The largest absolute Gasteiger partial charge is 0.336 e. The Kier molecular flexibility index (Phi) is 3.02. The Morgan fingerprint density at radius 3 is 2.88 bits per heavy atom. The van der Waals surface area contributed by atoms with Gasteiger partial charge in [-0.05, 0) is 50.8 Å². The third-order valence-corrected chi connectivity index (χ3v) is 5.29. The predicted octanol–water partition coefficient (Wildman–Crippen LogP) is 4.00. The summed E-state index contributed by atoms with van der Waals surface area (Å²) in [6.45, 7) is 3.96. The van der Waals surface area contributed by atoms with Crippen molar-refractivity contribution in [2.45, 2.75) is 45.1 Å². The number of aryl methyl sites for hydroxylation is 1. The van der Waals surface area contributed by atoms with Gasteiger partial charge in [0.2, 0.25) is 0 Å². The SMILES string of the molecule is Cc1noc2nc(C3CC3)cc(C(=O)N3c4ccccc4CC3C)c12. The molecule has 25 heavy (non-hydrogen) atoms. The van der Waals surface area contributed by atoms with Crippen LogP contribution in [0.1, 0.15) is 53.0 Å². The van der Waals surface area contributed by atoms with E-state index >= 15 is 0 Å². The molecule has 1 unspecified atom stereocenters. The number of hydrogen-bond acceptors (Lipinski definition) is 4. The Bertz CT molecular complexity index is 1000. The number of pyridine rings is 1. The minimum absolute atomic E-state index is 0.0121. The van der Waals surface area contributed by atoms with Crippen molar-refractivity contribution in [1.29, 1.82) is 0 Å². The van der Waals surface area contributed by atoms with E-state index in [4.69, 9.17) is 4.52 Å². The zero-order chi connectivity index (χ0) is 17.1. The third-order valence-electron chi connectivity index (χ3n) is 5.29. The maximum absolute atomic E-state index is 13.5. The highest BCUT2D eigenvalue weighted by molar-refractivity contribution is 6.14. The molecule has 1 aliphatic heterocycles. The Labute approximate surface area is 145 Å². The van der Waals surface area contributed by atoms with E-state index in [1.54, 1.807) is 0 Å². The van der Waals surface area contributed by atoms with Crippen molar-refractivity contribution in [3.63, 3.8) is 0 Å². The molecule has 1 amide bonds. The van der Waals surface area contributed by atoms with Gasteiger partial charge in [-0.15, -0.1) is 0 Å². The molecule has 1 saturated carbocycles. The number of benzene rings is 1. The van der Waals surface area contributed by atoms with Crippen LogP contribution in [0, 0.1) is 6.92 Å². The van der Waals surface area contributed by atoms with Gasteiger partial charge in [-0.3, -0.25) is 4.79 Å². The van der Waals surface area contributed by atoms with E-state index in [0.717, 1.165) is 36.0 Å². The summed E-state index contributed by atoms with van der Waals surface area (Å²) in [5.41, 5.74) is 5.03. The summed E-state index contributed by atoms with van der Waals surface area (Å²) in [7, 11) is 0. The molecular weight excluding hydrogens is 314 g/mol. The van der Waals surface area contributed by atoms with Crippen LogP contribution in [0.4, 0.5) is 5.69 Å². The van der Waals surface area contributed by atoms with Gasteiger partial charge in [-0.1, -0.05) is 23.4 Å². The average molecular weight is 333 g/mol. The summed E-state index contributed by atoms with van der Waals surface area (Å²) in [6, 6.07) is 10.2. The summed E-state index contributed by atoms with van der Waals surface area (Å²) in [5, 5.41) is 4.78. The summed E-state index contributed by atoms with van der Waals surface area (Å²) >= 11 is 0. The van der Waals surface area contributed by atoms with Crippen molar-refractivity contribution >= 4 is 22.7 Å². The zero-order valence-corrected chi connectivity index (χ0v) is 14.3. The monoisotopic (exact) mass is 333 g/mol. The maximum Gasteiger partial charge on any atom is 0.259 e. The third kappa shape index (κ3) is 2.18. The van der Waals surface area contributed by atoms with Crippen molar-refractivity contribution in [1.82, 2.24) is 10.1 Å². The molecule has 1 fully saturated rings. The highest BCUT2D eigenvalue weighted by Crippen LogP contribution is 2.41. The molecule has 5 rings (SSSR count). The predicted molar refractivity (Wildman–Crippen MR) is 94.9 cm³/mol. The minimum atomic E-state index is 0.0121. The van der Waals surface area contributed by atoms with Crippen molar-refractivity contribution in [2.24, 2.45) is 0 Å². The molecule has 0 bridgehead atoms. The minimum Gasteiger partial charge on any atom is -0.336 e. The van der Waals surface area contributed by atoms with Crippen molar-refractivity contribution < 1.29 is 9.32 Å². The lowest BCUT2D eigenvalue weighted by atomic mass is 10.1. The Morgan fingerprint density at radius 1 is 1.28 bits per heavy atom. The fraction of sp³-hybridized carbons (Fsp3) is 0.350. The lowest BCUT2D eigenvalue weighted by molar-refractivity contribution is 0.0983. The van der Waals surface area contributed by atoms with Crippen LogP contribution in [0.15, 0.2) is 34.9 Å². The summed E-state index contributed by atoms with van der Waals surface area (Å²) < 4.78 is 5.39. The number of para-hydroxylation sites is 1. The lowest BCUT2D eigenvalue weighted by Crippen LogP contribution is -2.36. The summed E-state index contributed by atoms with van der Waals surface area (Å²) in [6.07, 6.45) is 3.14. The first kappa shape index (κ1) is 14.6. The standard InChI is InChI=1S/C20H19N3O2/c1-11-9-14-5-3-4-6-17(14)23(11)20(24)15-10-16(13-7-8-13)21-19-18(15)12(2)22-25-19/h3-6,10-11,13H,7-9H2,1-2H3. The maximum atomic E-state index is 13.5. The molecule has 2 aromatic heterocycles. The van der Waals surface area contributed by atoms with Gasteiger partial charge in [0.15, 0.2) is 0 Å². The topological polar surface area (TPSA) is 59.2 Å². The molecule has 1 aliphatic carbocycles. The van der Waals surface area contributed by atoms with E-state index in [0.29, 0.717) is 22.9 Å². The fourth-order valence-corrected chi connectivity index (χ4v) is 3.88. The fourth-order valence-electron chi connectivity index (χ4n) is 3.88. The van der Waals surface area contributed by atoms with E-state index in [1.807, 2.05) is 36.1 Å². The molecule has 0 spiro atoms. The number of hydrogen-bond donors (Lipinski definition) is 0. The molecule has 0 saturated heterocycles. The summed E-state index contributed by atoms with van der Waals surface area (Å²) in [4.78, 5) is 20.0. The molecule has 3 heterocycles. The van der Waals surface area contributed by atoms with Crippen LogP contribution in [0.2, 0.25) is 0 Å². The van der Waals surface area contributed by atoms with E-state index in [-0.39, 0.29) is 11.9 Å². The van der Waals surface area contributed by atoms with Gasteiger partial charge in [-0.2, -0.15) is 0 Å². The van der Waals surface area contributed by atoms with Gasteiger partial charge in [0.1, 0.15) is 0 Å². The molecule has 3 aromatic rings. The van der Waals surface area contributed by atoms with Crippen LogP contribution < -0.4 is 4.90 Å². The molecule has 0 N–H and O–H groups in total. The molecule has 5 heteroatoms. The number of aromatic nitrogens is 2. The normalized spacial score (nSPS) is 19.4. The first-order valence-corrected chi connectivity index (χ1v) is 8.82. The smallest absolute Gasteiger partial charge is 0.259 e. The van der Waals surface area contributed by atoms with Crippen molar-refractivity contribution in [3.8, 4) is 0 Å². The Balaban J connectivity index is 1.68. The van der Waals surface area contributed by atoms with Gasteiger partial charge in [0.25, 0.3) is 11.6 Å². The van der Waals surface area contributed by atoms with Gasteiger partial charge in [0, 0.05) is 23.3 Å². The molecule has 1 atom stereocenters. The van der Waals surface area contributed by atoms with Crippen LogP contribution in [0.3, 0.4) is 0 Å². The van der Waals surface area contributed by atoms with E-state index in [2.05, 4.69) is 23.1 Å². The second kappa shape index (κ2) is 5.15. The number of carbonyl (C=O) groups excluding carboxylic acids is 1. The highest BCUT2D eigenvalue weighted by atomic mass is 16.5. The number of amides is 1. The zero-order valence-electron chi connectivity index (χ0n) is 14.3.